The van der Waals surface area contributed by atoms with Gasteiger partial charge in [0, 0.05) is 23.5 Å². The minimum Gasteiger partial charge on any atom is -0.384 e. The van der Waals surface area contributed by atoms with Gasteiger partial charge in [-0.2, -0.15) is 5.26 Å². The van der Waals surface area contributed by atoms with Gasteiger partial charge >= 0.3 is 0 Å². The van der Waals surface area contributed by atoms with Crippen LogP contribution in [0, 0.1) is 11.3 Å². The van der Waals surface area contributed by atoms with Gasteiger partial charge < -0.3 is 10.2 Å². The Hall–Kier alpha value is -3.45. The van der Waals surface area contributed by atoms with Crippen LogP contribution in [0.1, 0.15) is 23.6 Å². The molecular weight excluding hydrogens is 578 g/mol. The first-order valence-corrected chi connectivity index (χ1v) is 14.5. The molecule has 0 saturated carbocycles. The predicted octanol–water partition coefficient (Wildman–Crippen LogP) is 7.36. The molecule has 2 aliphatic heterocycles. The van der Waals surface area contributed by atoms with Gasteiger partial charge in [-0.1, -0.05) is 70.2 Å². The molecule has 3 aromatic carbocycles. The Kier molecular flexibility index (Phi) is 7.93. The lowest BCUT2D eigenvalue weighted by Gasteiger charge is -2.19. The molecule has 0 radical (unpaired) electrons. The van der Waals surface area contributed by atoms with E-state index in [2.05, 4.69) is 49.8 Å². The van der Waals surface area contributed by atoms with Crippen LogP contribution in [-0.2, 0) is 11.3 Å². The molecule has 0 bridgehead atoms. The van der Waals surface area contributed by atoms with E-state index < -0.39 is 0 Å². The quantitative estimate of drug-likeness (QED) is 0.297. The van der Waals surface area contributed by atoms with Crippen molar-refractivity contribution in [2.24, 2.45) is 4.99 Å². The molecule has 5 rings (SSSR count). The second-order valence-electron chi connectivity index (χ2n) is 8.57. The first-order chi connectivity index (χ1) is 18.5. The number of aliphatic imine (C=N–C) groups is 1. The first-order valence-electron chi connectivity index (χ1n) is 12.0. The van der Waals surface area contributed by atoms with Crippen LogP contribution in [-0.4, -0.2) is 34.5 Å². The summed E-state index contributed by atoms with van der Waals surface area (Å²) in [6, 6.07) is 25.6. The van der Waals surface area contributed by atoms with Crippen molar-refractivity contribution in [1.82, 2.24) is 9.80 Å². The number of anilines is 1. The number of nitrogens with zero attached hydrogens (tertiary/aromatic N) is 4. The fraction of sp³-hybridized carbons (Fsp3) is 0.138. The number of halogens is 1. The van der Waals surface area contributed by atoms with Gasteiger partial charge in [-0.15, -0.1) is 0 Å². The number of amides is 1. The van der Waals surface area contributed by atoms with Crippen molar-refractivity contribution in [2.75, 3.05) is 18.9 Å². The van der Waals surface area contributed by atoms with Crippen molar-refractivity contribution in [3.05, 3.63) is 109 Å². The Labute approximate surface area is 239 Å². The fourth-order valence-corrected chi connectivity index (χ4v) is 6.64. The smallest absolute Gasteiger partial charge is 0.269 e. The van der Waals surface area contributed by atoms with Gasteiger partial charge in [-0.25, -0.2) is 4.99 Å². The lowest BCUT2D eigenvalue weighted by Crippen LogP contribution is -2.29. The highest BCUT2D eigenvalue weighted by molar-refractivity contribution is 9.10. The normalized spacial score (nSPS) is 18.2. The van der Waals surface area contributed by atoms with Crippen molar-refractivity contribution < 1.29 is 4.79 Å². The lowest BCUT2D eigenvalue weighted by atomic mass is 10.1. The molecule has 3 aromatic rings. The van der Waals surface area contributed by atoms with Gasteiger partial charge in [0.2, 0.25) is 0 Å². The van der Waals surface area contributed by atoms with E-state index in [4.69, 9.17) is 4.99 Å². The molecule has 6 nitrogen and oxygen atoms in total. The maximum Gasteiger partial charge on any atom is 0.269 e. The average Bonchev–Trinajstić information content (AvgIpc) is 3.45. The highest BCUT2D eigenvalue weighted by Crippen LogP contribution is 2.46. The molecule has 0 atom stereocenters. The fourth-order valence-electron chi connectivity index (χ4n) is 4.13. The van der Waals surface area contributed by atoms with Crippen LogP contribution in [0.25, 0.3) is 5.70 Å². The Morgan fingerprint density at radius 3 is 2.55 bits per heavy atom. The van der Waals surface area contributed by atoms with Crippen LogP contribution in [0.2, 0.25) is 0 Å². The highest BCUT2D eigenvalue weighted by atomic mass is 79.9. The molecule has 0 aliphatic carbocycles. The number of thioether (sulfide) groups is 2. The molecule has 9 heteroatoms. The second kappa shape index (κ2) is 11.5. The van der Waals surface area contributed by atoms with E-state index in [-0.39, 0.29) is 5.91 Å². The van der Waals surface area contributed by atoms with Gasteiger partial charge in [-0.05, 0) is 60.1 Å². The van der Waals surface area contributed by atoms with E-state index in [1.807, 2.05) is 62.5 Å². The second-order valence-corrected chi connectivity index (χ2v) is 11.3. The summed E-state index contributed by atoms with van der Waals surface area (Å²) in [5.74, 6) is -0.0844. The third kappa shape index (κ3) is 5.39. The summed E-state index contributed by atoms with van der Waals surface area (Å²) in [4.78, 5) is 23.3. The summed E-state index contributed by atoms with van der Waals surface area (Å²) >= 11 is 6.42. The number of hydrogen-bond donors (Lipinski definition) is 1. The van der Waals surface area contributed by atoms with E-state index in [9.17, 15) is 10.1 Å². The number of benzene rings is 3. The molecule has 0 aromatic heterocycles. The van der Waals surface area contributed by atoms with Crippen molar-refractivity contribution in [1.29, 1.82) is 5.26 Å². The van der Waals surface area contributed by atoms with Crippen LogP contribution < -0.4 is 5.32 Å². The monoisotopic (exact) mass is 601 g/mol. The van der Waals surface area contributed by atoms with Crippen molar-refractivity contribution in [3.8, 4) is 6.07 Å². The summed E-state index contributed by atoms with van der Waals surface area (Å²) in [7, 11) is 1.99. The van der Waals surface area contributed by atoms with Gasteiger partial charge in [0.15, 0.2) is 5.17 Å². The summed E-state index contributed by atoms with van der Waals surface area (Å²) in [5.41, 5.74) is 5.09. The number of nitrogens with one attached hydrogen (secondary N) is 1. The number of hydrogen-bond acceptors (Lipinski definition) is 7. The highest BCUT2D eigenvalue weighted by Gasteiger charge is 2.38. The summed E-state index contributed by atoms with van der Waals surface area (Å²) in [5, 5.41) is 16.3. The number of carbonyl (C=O) groups excluding carboxylic acids is 1. The van der Waals surface area contributed by atoms with E-state index >= 15 is 0 Å². The third-order valence-corrected chi connectivity index (χ3v) is 8.81. The van der Waals surface area contributed by atoms with Gasteiger partial charge in [0.05, 0.1) is 40.3 Å². The molecule has 1 N–H and O–H groups in total. The van der Waals surface area contributed by atoms with Crippen molar-refractivity contribution in [2.45, 2.75) is 13.5 Å². The molecule has 2 heterocycles. The van der Waals surface area contributed by atoms with Crippen LogP contribution in [0.5, 0.6) is 0 Å². The molecule has 1 fully saturated rings. The zero-order chi connectivity index (χ0) is 26.6. The molecule has 1 amide bonds. The molecule has 1 saturated heterocycles. The summed E-state index contributed by atoms with van der Waals surface area (Å²) in [6.45, 7) is 3.12. The van der Waals surface area contributed by atoms with Crippen LogP contribution in [0.4, 0.5) is 11.4 Å². The Morgan fingerprint density at radius 2 is 1.84 bits per heavy atom. The van der Waals surface area contributed by atoms with Crippen LogP contribution in [0.15, 0.2) is 97.6 Å². The van der Waals surface area contributed by atoms with Crippen molar-refractivity contribution in [3.63, 3.8) is 0 Å². The third-order valence-electron chi connectivity index (χ3n) is 6.04. The SMILES string of the molecule is CCNc1ccc(C#N)cc1N=C1S/C(=C2\SC=C(c3ccc(Br)cc3)N2C)C(=O)N1Cc1ccccc1. The van der Waals surface area contributed by atoms with Crippen molar-refractivity contribution >= 4 is 67.6 Å². The Bertz CT molecular complexity index is 1510. The minimum atomic E-state index is -0.0844. The van der Waals surface area contributed by atoms with Gasteiger partial charge in [-0.3, -0.25) is 9.69 Å². The maximum atomic E-state index is 13.9. The predicted molar refractivity (Wildman–Crippen MR) is 161 cm³/mol. The van der Waals surface area contributed by atoms with E-state index in [0.29, 0.717) is 34.4 Å². The topological polar surface area (TPSA) is 71.7 Å². The first kappa shape index (κ1) is 26.2. The van der Waals surface area contributed by atoms with Gasteiger partial charge in [0.1, 0.15) is 4.91 Å². The summed E-state index contributed by atoms with van der Waals surface area (Å²) < 4.78 is 1.02. The molecule has 0 unspecified atom stereocenters. The molecule has 38 heavy (non-hydrogen) atoms. The summed E-state index contributed by atoms with van der Waals surface area (Å²) in [6.07, 6.45) is 0. The van der Waals surface area contributed by atoms with E-state index in [1.165, 1.54) is 11.8 Å². The standard InChI is InChI=1S/C29H24BrN5OS2/c1-3-32-23-14-9-20(16-31)15-24(23)33-29-35(17-19-7-5-4-6-8-19)27(36)26(38-29)28-34(2)25(18-37-28)21-10-12-22(30)13-11-21/h4-15,18,32H,3,17H2,1-2H3/b28-26-,33-29?. The van der Waals surface area contributed by atoms with E-state index in [1.54, 1.807) is 28.8 Å². The molecule has 2 aliphatic rings. The number of nitriles is 1. The molecular formula is C29H24BrN5OS2. The minimum absolute atomic E-state index is 0.0844. The van der Waals surface area contributed by atoms with Gasteiger partial charge in [0.25, 0.3) is 5.91 Å². The maximum absolute atomic E-state index is 13.9. The lowest BCUT2D eigenvalue weighted by molar-refractivity contribution is -0.122. The van der Waals surface area contributed by atoms with Crippen LogP contribution in [0.3, 0.4) is 0 Å². The zero-order valence-corrected chi connectivity index (χ0v) is 24.0. The Balaban J connectivity index is 1.55. The molecule has 190 valence electrons. The average molecular weight is 603 g/mol. The van der Waals surface area contributed by atoms with Crippen LogP contribution >= 0.6 is 39.5 Å². The molecule has 0 spiro atoms. The largest absolute Gasteiger partial charge is 0.384 e. The number of carbonyl (C=O) groups is 1. The Morgan fingerprint density at radius 1 is 1.08 bits per heavy atom. The number of amidine groups is 1. The number of rotatable bonds is 6. The van der Waals surface area contributed by atoms with E-state index in [0.717, 1.165) is 32.0 Å². The zero-order valence-electron chi connectivity index (χ0n) is 20.8.